The van der Waals surface area contributed by atoms with Gasteiger partial charge in [-0.05, 0) is 53.7 Å². The molecule has 1 amide bonds. The van der Waals surface area contributed by atoms with Gasteiger partial charge in [-0.15, -0.1) is 0 Å². The first-order valence-electron chi connectivity index (χ1n) is 6.95. The largest absolute Gasteiger partial charge is 0.506 e. The molecule has 1 aliphatic rings. The Labute approximate surface area is 153 Å². The average molecular weight is 379 g/mol. The van der Waals surface area contributed by atoms with E-state index in [4.69, 9.17) is 23.2 Å². The smallest absolute Gasteiger partial charge is 0.266 e. The van der Waals surface area contributed by atoms with Gasteiger partial charge in [0, 0.05) is 12.1 Å². The molecule has 0 aliphatic carbocycles. The zero-order chi connectivity index (χ0) is 17.3. The minimum absolute atomic E-state index is 0.0233. The summed E-state index contributed by atoms with van der Waals surface area (Å²) in [6, 6.07) is 11.9. The zero-order valence-corrected chi connectivity index (χ0v) is 14.9. The Morgan fingerprint density at radius 3 is 2.58 bits per heavy atom. The second-order valence-corrected chi connectivity index (χ2v) is 6.85. The van der Waals surface area contributed by atoms with Gasteiger partial charge in [-0.1, -0.05) is 35.3 Å². The van der Waals surface area contributed by atoms with Crippen molar-refractivity contribution in [3.63, 3.8) is 0 Å². The summed E-state index contributed by atoms with van der Waals surface area (Å²) in [6.45, 7) is 0. The molecule has 0 radical (unpaired) electrons. The topological polar surface area (TPSA) is 52.9 Å². The van der Waals surface area contributed by atoms with Crippen LogP contribution in [0.15, 0.2) is 52.4 Å². The fourth-order valence-electron chi connectivity index (χ4n) is 2.07. The highest BCUT2D eigenvalue weighted by atomic mass is 35.5. The van der Waals surface area contributed by atoms with Gasteiger partial charge in [0.1, 0.15) is 5.75 Å². The lowest BCUT2D eigenvalue weighted by Gasteiger charge is -2.07. The number of carbonyl (C=O) groups excluding carboxylic acids is 1. The predicted octanol–water partition coefficient (Wildman–Crippen LogP) is 4.93. The number of aromatic hydroxyl groups is 1. The van der Waals surface area contributed by atoms with Gasteiger partial charge in [-0.25, -0.2) is 4.99 Å². The Bertz CT molecular complexity index is 863. The van der Waals surface area contributed by atoms with Crippen molar-refractivity contribution in [2.75, 3.05) is 7.05 Å². The van der Waals surface area contributed by atoms with Crippen LogP contribution in [0.2, 0.25) is 10.0 Å². The molecule has 2 aromatic rings. The number of likely N-dealkylation sites (N-methyl/N-ethyl adjacent to an activating group) is 1. The van der Waals surface area contributed by atoms with E-state index < -0.39 is 0 Å². The van der Waals surface area contributed by atoms with Crippen LogP contribution in [0.3, 0.4) is 0 Å². The summed E-state index contributed by atoms with van der Waals surface area (Å²) >= 11 is 13.2. The van der Waals surface area contributed by atoms with Crippen LogP contribution in [0.5, 0.6) is 5.75 Å². The van der Waals surface area contributed by atoms with E-state index >= 15 is 0 Å². The van der Waals surface area contributed by atoms with Gasteiger partial charge in [-0.2, -0.15) is 0 Å². The third-order valence-electron chi connectivity index (χ3n) is 3.35. The fourth-order valence-corrected chi connectivity index (χ4v) is 3.35. The summed E-state index contributed by atoms with van der Waals surface area (Å²) < 4.78 is 0. The highest BCUT2D eigenvalue weighted by molar-refractivity contribution is 8.18. The Balaban J connectivity index is 1.92. The molecule has 0 aromatic heterocycles. The van der Waals surface area contributed by atoms with E-state index in [-0.39, 0.29) is 16.7 Å². The normalized spacial score (nSPS) is 18.0. The number of aliphatic imine (C=N–C) groups is 1. The molecule has 2 aromatic carbocycles. The number of carbonyl (C=O) groups is 1. The number of phenols is 1. The van der Waals surface area contributed by atoms with Crippen LogP contribution in [0.4, 0.5) is 5.69 Å². The minimum Gasteiger partial charge on any atom is -0.506 e. The molecule has 24 heavy (non-hydrogen) atoms. The van der Waals surface area contributed by atoms with Crippen molar-refractivity contribution in [3.8, 4) is 5.75 Å². The van der Waals surface area contributed by atoms with E-state index in [9.17, 15) is 9.90 Å². The summed E-state index contributed by atoms with van der Waals surface area (Å²) in [5, 5.41) is 11.1. The number of rotatable bonds is 2. The van der Waals surface area contributed by atoms with Crippen molar-refractivity contribution in [2.45, 2.75) is 0 Å². The van der Waals surface area contributed by atoms with Gasteiger partial charge >= 0.3 is 0 Å². The third kappa shape index (κ3) is 3.43. The maximum absolute atomic E-state index is 12.4. The quantitative estimate of drug-likeness (QED) is 0.753. The molecule has 7 heteroatoms. The molecule has 3 rings (SSSR count). The number of amidine groups is 1. The van der Waals surface area contributed by atoms with E-state index in [1.54, 1.807) is 49.5 Å². The van der Waals surface area contributed by atoms with Crippen molar-refractivity contribution in [1.29, 1.82) is 0 Å². The van der Waals surface area contributed by atoms with Crippen LogP contribution >= 0.6 is 35.0 Å². The minimum atomic E-state index is -0.174. The second-order valence-electron chi connectivity index (χ2n) is 5.03. The van der Waals surface area contributed by atoms with Crippen LogP contribution in [0.25, 0.3) is 6.08 Å². The molecule has 0 bridgehead atoms. The molecule has 4 nitrogen and oxygen atoms in total. The summed E-state index contributed by atoms with van der Waals surface area (Å²) in [6.07, 6.45) is 1.65. The number of amides is 1. The van der Waals surface area contributed by atoms with Crippen LogP contribution < -0.4 is 0 Å². The van der Waals surface area contributed by atoms with E-state index in [1.807, 2.05) is 0 Å². The summed E-state index contributed by atoms with van der Waals surface area (Å²) in [5.41, 5.74) is 1.28. The maximum Gasteiger partial charge on any atom is 0.266 e. The number of hydrogen-bond acceptors (Lipinski definition) is 4. The lowest BCUT2D eigenvalue weighted by atomic mass is 10.2. The summed E-state index contributed by atoms with van der Waals surface area (Å²) in [4.78, 5) is 18.8. The molecule has 0 spiro atoms. The van der Waals surface area contributed by atoms with Crippen molar-refractivity contribution in [1.82, 2.24) is 4.90 Å². The van der Waals surface area contributed by atoms with Crippen LogP contribution in [-0.4, -0.2) is 28.1 Å². The van der Waals surface area contributed by atoms with E-state index in [2.05, 4.69) is 4.99 Å². The van der Waals surface area contributed by atoms with Crippen LogP contribution in [0.1, 0.15) is 5.56 Å². The number of hydrogen-bond donors (Lipinski definition) is 1. The highest BCUT2D eigenvalue weighted by Gasteiger charge is 2.30. The number of phenolic OH excluding ortho intramolecular Hbond substituents is 1. The van der Waals surface area contributed by atoms with Crippen molar-refractivity contribution < 1.29 is 9.90 Å². The first-order valence-corrected chi connectivity index (χ1v) is 8.52. The lowest BCUT2D eigenvalue weighted by Crippen LogP contribution is -2.23. The molecule has 0 atom stereocenters. The SMILES string of the molecule is CN1C(=O)C(=Cc2cccc(O)c2Cl)SC1=Nc1ccc(Cl)cc1. The molecule has 1 heterocycles. The highest BCUT2D eigenvalue weighted by Crippen LogP contribution is 2.36. The molecular formula is C17H12Cl2N2O2S. The molecule has 1 fully saturated rings. The first kappa shape index (κ1) is 16.9. The van der Waals surface area contributed by atoms with Gasteiger partial charge in [0.05, 0.1) is 15.6 Å². The predicted molar refractivity (Wildman–Crippen MR) is 100 cm³/mol. The van der Waals surface area contributed by atoms with Crippen LogP contribution in [-0.2, 0) is 4.79 Å². The molecule has 0 saturated carbocycles. The van der Waals surface area contributed by atoms with E-state index in [0.717, 1.165) is 0 Å². The Morgan fingerprint density at radius 2 is 1.88 bits per heavy atom. The van der Waals surface area contributed by atoms with Gasteiger partial charge in [0.15, 0.2) is 5.17 Å². The van der Waals surface area contributed by atoms with Gasteiger partial charge in [-0.3, -0.25) is 9.69 Å². The van der Waals surface area contributed by atoms with E-state index in [0.29, 0.717) is 26.3 Å². The van der Waals surface area contributed by atoms with Gasteiger partial charge in [0.25, 0.3) is 5.91 Å². The molecular weight excluding hydrogens is 367 g/mol. The third-order valence-corrected chi connectivity index (χ3v) is 5.07. The molecule has 1 N–H and O–H groups in total. The van der Waals surface area contributed by atoms with Crippen molar-refractivity contribution in [3.05, 3.63) is 63.0 Å². The molecule has 122 valence electrons. The number of thioether (sulfide) groups is 1. The Morgan fingerprint density at radius 1 is 1.17 bits per heavy atom. The summed E-state index contributed by atoms with van der Waals surface area (Å²) in [5.74, 6) is -0.197. The average Bonchev–Trinajstić information content (AvgIpc) is 2.82. The van der Waals surface area contributed by atoms with Gasteiger partial charge < -0.3 is 5.11 Å². The lowest BCUT2D eigenvalue weighted by molar-refractivity contribution is -0.121. The monoisotopic (exact) mass is 378 g/mol. The number of halogens is 2. The number of benzene rings is 2. The van der Waals surface area contributed by atoms with Crippen molar-refractivity contribution in [2.24, 2.45) is 4.99 Å². The molecule has 1 saturated heterocycles. The second kappa shape index (κ2) is 6.89. The van der Waals surface area contributed by atoms with Gasteiger partial charge in [0.2, 0.25) is 0 Å². The van der Waals surface area contributed by atoms with Crippen molar-refractivity contribution >= 4 is 57.8 Å². The molecule has 0 unspecified atom stereocenters. The maximum atomic E-state index is 12.4. The Hall–Kier alpha value is -1.95. The number of nitrogens with zero attached hydrogens (tertiary/aromatic N) is 2. The fraction of sp³-hybridized carbons (Fsp3) is 0.0588. The van der Waals surface area contributed by atoms with E-state index in [1.165, 1.54) is 22.7 Å². The molecule has 1 aliphatic heterocycles. The van der Waals surface area contributed by atoms with Crippen LogP contribution in [0, 0.1) is 0 Å². The first-order chi connectivity index (χ1) is 11.5. The standard InChI is InChI=1S/C17H12Cl2N2O2S/c1-21-16(23)14(9-10-3-2-4-13(22)15(10)19)24-17(21)20-12-7-5-11(18)6-8-12/h2-9,22H,1H3. The zero-order valence-electron chi connectivity index (χ0n) is 12.5. The summed E-state index contributed by atoms with van der Waals surface area (Å²) in [7, 11) is 1.66. The Kier molecular flexibility index (Phi) is 4.85.